The number of nitrogens with one attached hydrogen (secondary N) is 2. The van der Waals surface area contributed by atoms with Crippen molar-refractivity contribution in [3.05, 3.63) is 0 Å². The molecule has 4 nitrogen and oxygen atoms in total. The molecule has 1 aliphatic rings. The lowest BCUT2D eigenvalue weighted by Crippen LogP contribution is -2.62. The Labute approximate surface area is 92.0 Å². The topological polar surface area (TPSA) is 61.4 Å². The fourth-order valence-corrected chi connectivity index (χ4v) is 2.14. The van der Waals surface area contributed by atoms with Crippen LogP contribution in [0.15, 0.2) is 0 Å². The van der Waals surface area contributed by atoms with Gasteiger partial charge < -0.3 is 15.6 Å². The van der Waals surface area contributed by atoms with Crippen LogP contribution in [0, 0.1) is 5.41 Å². The summed E-state index contributed by atoms with van der Waals surface area (Å²) in [6.45, 7) is 11.5. The summed E-state index contributed by atoms with van der Waals surface area (Å²) in [5, 5.41) is 15.3. The van der Waals surface area contributed by atoms with E-state index in [0.29, 0.717) is 0 Å². The number of carbonyl (C=O) groups is 1. The quantitative estimate of drug-likeness (QED) is 0.580. The summed E-state index contributed by atoms with van der Waals surface area (Å²) in [5.41, 5.74) is -1.32. The first-order valence-electron chi connectivity index (χ1n) is 5.33. The molecule has 1 heterocycles. The molecule has 0 aliphatic carbocycles. The lowest BCUT2D eigenvalue weighted by atomic mass is 9.63. The first-order valence-corrected chi connectivity index (χ1v) is 5.33. The second kappa shape index (κ2) is 3.22. The average molecular weight is 212 g/mol. The molecule has 0 spiro atoms. The van der Waals surface area contributed by atoms with Crippen LogP contribution in [0.1, 0.15) is 34.6 Å². The van der Waals surface area contributed by atoms with Crippen molar-refractivity contribution in [1.29, 1.82) is 0 Å². The van der Waals surface area contributed by atoms with Gasteiger partial charge in [-0.25, -0.2) is 0 Å². The van der Waals surface area contributed by atoms with Crippen LogP contribution in [0.2, 0.25) is 6.82 Å². The van der Waals surface area contributed by atoms with Crippen molar-refractivity contribution in [3.8, 4) is 0 Å². The highest BCUT2D eigenvalue weighted by molar-refractivity contribution is 6.46. The summed E-state index contributed by atoms with van der Waals surface area (Å²) >= 11 is 0. The van der Waals surface area contributed by atoms with E-state index in [4.69, 9.17) is 0 Å². The molecule has 0 aromatic rings. The Hall–Kier alpha value is -0.545. The van der Waals surface area contributed by atoms with Crippen molar-refractivity contribution < 1.29 is 9.82 Å². The van der Waals surface area contributed by atoms with Crippen LogP contribution in [-0.2, 0) is 4.79 Å². The number of amides is 1. The number of carbonyl (C=O) groups excluding carboxylic acids is 1. The van der Waals surface area contributed by atoms with Gasteiger partial charge >= 0.3 is 7.05 Å². The van der Waals surface area contributed by atoms with Gasteiger partial charge in [-0.3, -0.25) is 4.79 Å². The van der Waals surface area contributed by atoms with Gasteiger partial charge in [-0.1, -0.05) is 13.8 Å². The van der Waals surface area contributed by atoms with Crippen LogP contribution in [0.4, 0.5) is 0 Å². The fourth-order valence-electron chi connectivity index (χ4n) is 2.14. The molecule has 1 rings (SSSR count). The Morgan fingerprint density at radius 2 is 1.73 bits per heavy atom. The molecule has 15 heavy (non-hydrogen) atoms. The standard InChI is InChI=1S/C10H21BN2O2/c1-8(2)9(3,4)12-7(14)10(8,5)13-11(6)15/h13,15H,1-6H3,(H,12,14). The first-order chi connectivity index (χ1) is 6.54. The Bertz CT molecular complexity index is 289. The SMILES string of the molecule is CB(O)NC1(C)C(=O)NC(C)(C)C1(C)C. The van der Waals surface area contributed by atoms with E-state index in [1.165, 1.54) is 0 Å². The monoisotopic (exact) mass is 212 g/mol. The molecule has 1 unspecified atom stereocenters. The van der Waals surface area contributed by atoms with Gasteiger partial charge in [0.1, 0.15) is 0 Å². The third-order valence-electron chi connectivity index (χ3n) is 4.19. The molecule has 1 aliphatic heterocycles. The van der Waals surface area contributed by atoms with Crippen molar-refractivity contribution in [2.45, 2.75) is 52.5 Å². The van der Waals surface area contributed by atoms with Crippen molar-refractivity contribution in [2.75, 3.05) is 0 Å². The van der Waals surface area contributed by atoms with Crippen LogP contribution in [0.5, 0.6) is 0 Å². The Balaban J connectivity index is 3.13. The average Bonchev–Trinajstić information content (AvgIpc) is 2.09. The smallest absolute Gasteiger partial charge is 0.374 e. The number of hydrogen-bond acceptors (Lipinski definition) is 3. The summed E-state index contributed by atoms with van der Waals surface area (Å²) in [7, 11) is -0.700. The van der Waals surface area contributed by atoms with E-state index in [0.717, 1.165) is 0 Å². The van der Waals surface area contributed by atoms with Crippen LogP contribution < -0.4 is 10.5 Å². The molecule has 0 aromatic heterocycles. The zero-order valence-corrected chi connectivity index (χ0v) is 10.4. The molecule has 0 saturated carbocycles. The summed E-state index contributed by atoms with van der Waals surface area (Å²) < 4.78 is 0. The Morgan fingerprint density at radius 3 is 2.00 bits per heavy atom. The van der Waals surface area contributed by atoms with Crippen molar-refractivity contribution in [1.82, 2.24) is 10.5 Å². The van der Waals surface area contributed by atoms with Gasteiger partial charge in [0.15, 0.2) is 0 Å². The number of hydrogen-bond donors (Lipinski definition) is 3. The molecule has 1 saturated heterocycles. The second-order valence-electron chi connectivity index (χ2n) is 5.65. The van der Waals surface area contributed by atoms with Crippen LogP contribution in [0.25, 0.3) is 0 Å². The summed E-state index contributed by atoms with van der Waals surface area (Å²) in [4.78, 5) is 12.0. The minimum absolute atomic E-state index is 0.0570. The van der Waals surface area contributed by atoms with Crippen molar-refractivity contribution in [3.63, 3.8) is 0 Å². The zero-order valence-electron chi connectivity index (χ0n) is 10.4. The van der Waals surface area contributed by atoms with E-state index in [-0.39, 0.29) is 16.9 Å². The number of rotatable bonds is 2. The van der Waals surface area contributed by atoms with Crippen molar-refractivity contribution in [2.24, 2.45) is 5.41 Å². The summed E-state index contributed by atoms with van der Waals surface area (Å²) in [5.74, 6) is -0.0570. The molecule has 0 bridgehead atoms. The van der Waals surface area contributed by atoms with E-state index in [1.807, 2.05) is 34.6 Å². The van der Waals surface area contributed by atoms with Gasteiger partial charge in [0.25, 0.3) is 0 Å². The molecular formula is C10H21BN2O2. The van der Waals surface area contributed by atoms with Gasteiger partial charge in [0.05, 0.1) is 5.54 Å². The third-order valence-corrected chi connectivity index (χ3v) is 4.19. The van der Waals surface area contributed by atoms with E-state index < -0.39 is 12.6 Å². The summed E-state index contributed by atoms with van der Waals surface area (Å²) in [6, 6.07) is 0. The van der Waals surface area contributed by atoms with Gasteiger partial charge in [-0.05, 0) is 27.6 Å². The molecule has 1 fully saturated rings. The molecule has 86 valence electrons. The highest BCUT2D eigenvalue weighted by Gasteiger charge is 2.61. The van der Waals surface area contributed by atoms with Crippen LogP contribution in [-0.4, -0.2) is 29.1 Å². The van der Waals surface area contributed by atoms with E-state index in [1.54, 1.807) is 6.82 Å². The molecule has 3 N–H and O–H groups in total. The van der Waals surface area contributed by atoms with Crippen LogP contribution in [0.3, 0.4) is 0 Å². The Kier molecular flexibility index (Phi) is 2.69. The highest BCUT2D eigenvalue weighted by atomic mass is 16.2. The maximum atomic E-state index is 12.0. The lowest BCUT2D eigenvalue weighted by Gasteiger charge is -2.43. The minimum Gasteiger partial charge on any atom is -0.437 e. The fraction of sp³-hybridized carbons (Fsp3) is 0.900. The van der Waals surface area contributed by atoms with E-state index >= 15 is 0 Å². The predicted molar refractivity (Wildman–Crippen MR) is 61.4 cm³/mol. The zero-order chi connectivity index (χ0) is 12.1. The molecule has 0 radical (unpaired) electrons. The van der Waals surface area contributed by atoms with Gasteiger partial charge in [-0.2, -0.15) is 0 Å². The largest absolute Gasteiger partial charge is 0.437 e. The molecule has 1 amide bonds. The lowest BCUT2D eigenvalue weighted by molar-refractivity contribution is -0.125. The normalized spacial score (nSPS) is 32.6. The minimum atomic E-state index is -0.745. The maximum absolute atomic E-state index is 12.0. The van der Waals surface area contributed by atoms with Crippen molar-refractivity contribution >= 4 is 13.0 Å². The van der Waals surface area contributed by atoms with Gasteiger partial charge in [0.2, 0.25) is 5.91 Å². The van der Waals surface area contributed by atoms with Crippen LogP contribution >= 0.6 is 0 Å². The second-order valence-corrected chi connectivity index (χ2v) is 5.65. The summed E-state index contributed by atoms with van der Waals surface area (Å²) in [6.07, 6.45) is 0. The van der Waals surface area contributed by atoms with E-state index in [2.05, 4.69) is 10.5 Å². The highest BCUT2D eigenvalue weighted by Crippen LogP contribution is 2.46. The van der Waals surface area contributed by atoms with E-state index in [9.17, 15) is 9.82 Å². The third kappa shape index (κ3) is 1.58. The van der Waals surface area contributed by atoms with Gasteiger partial charge in [0, 0.05) is 11.0 Å². The van der Waals surface area contributed by atoms with Gasteiger partial charge in [-0.15, -0.1) is 0 Å². The molecule has 1 atom stereocenters. The molecule has 0 aromatic carbocycles. The molecular weight excluding hydrogens is 191 g/mol. The maximum Gasteiger partial charge on any atom is 0.374 e. The Morgan fingerprint density at radius 1 is 1.27 bits per heavy atom. The predicted octanol–water partition coefficient (Wildman–Crippen LogP) is 0.380. The molecule has 5 heteroatoms. The first kappa shape index (κ1) is 12.5.